The summed E-state index contributed by atoms with van der Waals surface area (Å²) in [6.45, 7) is 0. The molecule has 1 aromatic heterocycles. The monoisotopic (exact) mass is 687 g/mol. The maximum absolute atomic E-state index is 5.17. The lowest BCUT2D eigenvalue weighted by Crippen LogP contribution is -2.00. The van der Waals surface area contributed by atoms with Gasteiger partial charge >= 0.3 is 0 Å². The van der Waals surface area contributed by atoms with Crippen LogP contribution in [-0.4, -0.2) is 15.0 Å². The number of nitrogens with zero attached hydrogens (tertiary/aromatic N) is 3. The summed E-state index contributed by atoms with van der Waals surface area (Å²) in [6, 6.07) is 70.7. The Bertz CT molecular complexity index is 2990. The van der Waals surface area contributed by atoms with E-state index < -0.39 is 0 Å². The molecule has 0 spiro atoms. The predicted molar refractivity (Wildman–Crippen MR) is 225 cm³/mol. The average molecular weight is 688 g/mol. The quantitative estimate of drug-likeness (QED) is 0.163. The number of hydrogen-bond donors (Lipinski definition) is 0. The Balaban J connectivity index is 1.10. The van der Waals surface area contributed by atoms with Crippen molar-refractivity contribution in [1.82, 2.24) is 15.0 Å². The standard InChI is InChI=1S/C51H33N3/c1-3-13-34(14-4-1)44-31-40-18-8-10-24-46(40)48(33-44)41-20-12-22-43(30-41)51-53-49(37-16-5-2-6-17-37)52-50(54-51)42-21-11-19-38(29-42)39-28-27-36-26-25-35-15-7-9-23-45(35)47(36)32-39/h1-33H. The molecule has 0 bridgehead atoms. The number of rotatable bonds is 6. The van der Waals surface area contributed by atoms with Crippen LogP contribution in [-0.2, 0) is 0 Å². The number of aromatic nitrogens is 3. The van der Waals surface area contributed by atoms with E-state index in [2.05, 4.69) is 182 Å². The van der Waals surface area contributed by atoms with E-state index in [0.717, 1.165) is 33.4 Å². The van der Waals surface area contributed by atoms with Gasteiger partial charge in [0.15, 0.2) is 17.5 Å². The summed E-state index contributed by atoms with van der Waals surface area (Å²) in [6.07, 6.45) is 0. The van der Waals surface area contributed by atoms with Gasteiger partial charge in [-0.2, -0.15) is 0 Å². The van der Waals surface area contributed by atoms with Crippen LogP contribution in [0.25, 0.3) is 99.9 Å². The Hall–Kier alpha value is -7.23. The number of benzene rings is 9. The molecule has 10 aromatic rings. The molecule has 0 unspecified atom stereocenters. The van der Waals surface area contributed by atoms with Gasteiger partial charge in [-0.05, 0) is 96.0 Å². The molecule has 0 aliphatic heterocycles. The molecule has 252 valence electrons. The molecule has 3 heteroatoms. The SMILES string of the molecule is c1ccc(-c2cc(-c3cccc(-c4nc(-c5ccccc5)nc(-c5cccc(-c6ccc7ccc8ccccc8c7c6)c5)n4)c3)c3ccccc3c2)cc1. The second-order valence-electron chi connectivity index (χ2n) is 13.7. The summed E-state index contributed by atoms with van der Waals surface area (Å²) in [5.74, 6) is 1.90. The molecular formula is C51H33N3. The molecule has 54 heavy (non-hydrogen) atoms. The first-order valence-corrected chi connectivity index (χ1v) is 18.3. The van der Waals surface area contributed by atoms with E-state index in [9.17, 15) is 0 Å². The summed E-state index contributed by atoms with van der Waals surface area (Å²) in [7, 11) is 0. The highest BCUT2D eigenvalue weighted by Crippen LogP contribution is 2.37. The fraction of sp³-hybridized carbons (Fsp3) is 0. The smallest absolute Gasteiger partial charge is 0.164 e. The van der Waals surface area contributed by atoms with Crippen molar-refractivity contribution in [1.29, 1.82) is 0 Å². The van der Waals surface area contributed by atoms with E-state index in [1.807, 2.05) is 18.2 Å². The molecule has 0 radical (unpaired) electrons. The third-order valence-corrected chi connectivity index (χ3v) is 10.3. The zero-order chi connectivity index (χ0) is 35.8. The van der Waals surface area contributed by atoms with Gasteiger partial charge in [-0.3, -0.25) is 0 Å². The van der Waals surface area contributed by atoms with Crippen LogP contribution in [0.4, 0.5) is 0 Å². The van der Waals surface area contributed by atoms with Crippen LogP contribution in [0.2, 0.25) is 0 Å². The van der Waals surface area contributed by atoms with E-state index >= 15 is 0 Å². The van der Waals surface area contributed by atoms with Gasteiger partial charge < -0.3 is 0 Å². The lowest BCUT2D eigenvalue weighted by atomic mass is 9.92. The normalized spacial score (nSPS) is 11.3. The fourth-order valence-electron chi connectivity index (χ4n) is 7.54. The van der Waals surface area contributed by atoms with Crippen LogP contribution in [0.15, 0.2) is 200 Å². The second-order valence-corrected chi connectivity index (χ2v) is 13.7. The van der Waals surface area contributed by atoms with Crippen LogP contribution in [0.3, 0.4) is 0 Å². The molecule has 0 atom stereocenters. The first-order chi connectivity index (χ1) is 26.7. The maximum atomic E-state index is 5.17. The van der Waals surface area contributed by atoms with Crippen molar-refractivity contribution >= 4 is 32.3 Å². The lowest BCUT2D eigenvalue weighted by molar-refractivity contribution is 1.07. The van der Waals surface area contributed by atoms with Crippen molar-refractivity contribution in [2.24, 2.45) is 0 Å². The summed E-state index contributed by atoms with van der Waals surface area (Å²) in [5.41, 5.74) is 9.71. The Morgan fingerprint density at radius 2 is 0.704 bits per heavy atom. The van der Waals surface area contributed by atoms with Crippen LogP contribution in [0.5, 0.6) is 0 Å². The Morgan fingerprint density at radius 1 is 0.222 bits per heavy atom. The van der Waals surface area contributed by atoms with Gasteiger partial charge in [-0.1, -0.05) is 170 Å². The van der Waals surface area contributed by atoms with Crippen molar-refractivity contribution in [2.75, 3.05) is 0 Å². The molecule has 0 aliphatic carbocycles. The fourth-order valence-corrected chi connectivity index (χ4v) is 7.54. The largest absolute Gasteiger partial charge is 0.208 e. The van der Waals surface area contributed by atoms with Gasteiger partial charge in [0, 0.05) is 16.7 Å². The summed E-state index contributed by atoms with van der Waals surface area (Å²) in [5, 5.41) is 7.37. The van der Waals surface area contributed by atoms with Crippen LogP contribution in [0, 0.1) is 0 Å². The minimum absolute atomic E-state index is 0.631. The van der Waals surface area contributed by atoms with E-state index in [1.54, 1.807) is 0 Å². The van der Waals surface area contributed by atoms with Crippen molar-refractivity contribution in [3.05, 3.63) is 200 Å². The van der Waals surface area contributed by atoms with Gasteiger partial charge in [0.2, 0.25) is 0 Å². The zero-order valence-corrected chi connectivity index (χ0v) is 29.4. The van der Waals surface area contributed by atoms with Gasteiger partial charge in [-0.25, -0.2) is 15.0 Å². The Morgan fingerprint density at radius 3 is 1.43 bits per heavy atom. The van der Waals surface area contributed by atoms with Gasteiger partial charge in [0.1, 0.15) is 0 Å². The van der Waals surface area contributed by atoms with Crippen LogP contribution < -0.4 is 0 Å². The van der Waals surface area contributed by atoms with Crippen molar-refractivity contribution in [3.8, 4) is 67.5 Å². The molecule has 0 aliphatic rings. The zero-order valence-electron chi connectivity index (χ0n) is 29.4. The van der Waals surface area contributed by atoms with E-state index in [-0.39, 0.29) is 0 Å². The van der Waals surface area contributed by atoms with Crippen molar-refractivity contribution < 1.29 is 0 Å². The average Bonchev–Trinajstić information content (AvgIpc) is 3.26. The Kier molecular flexibility index (Phi) is 7.81. The predicted octanol–water partition coefficient (Wildman–Crippen LogP) is 13.3. The maximum Gasteiger partial charge on any atom is 0.164 e. The molecule has 3 nitrogen and oxygen atoms in total. The second kappa shape index (κ2) is 13.4. The highest BCUT2D eigenvalue weighted by atomic mass is 15.0. The molecule has 1 heterocycles. The highest BCUT2D eigenvalue weighted by molar-refractivity contribution is 6.08. The molecule has 9 aromatic carbocycles. The van der Waals surface area contributed by atoms with Gasteiger partial charge in [-0.15, -0.1) is 0 Å². The summed E-state index contributed by atoms with van der Waals surface area (Å²) in [4.78, 5) is 15.3. The minimum atomic E-state index is 0.631. The van der Waals surface area contributed by atoms with Crippen LogP contribution >= 0.6 is 0 Å². The molecule has 10 rings (SSSR count). The van der Waals surface area contributed by atoms with Crippen LogP contribution in [0.1, 0.15) is 0 Å². The molecule has 0 fully saturated rings. The Labute approximate surface area is 313 Å². The lowest BCUT2D eigenvalue weighted by Gasteiger charge is -2.13. The molecule has 0 amide bonds. The van der Waals surface area contributed by atoms with Gasteiger partial charge in [0.05, 0.1) is 0 Å². The third kappa shape index (κ3) is 5.88. The first kappa shape index (κ1) is 31.5. The molecule has 0 N–H and O–H groups in total. The van der Waals surface area contributed by atoms with Crippen molar-refractivity contribution in [2.45, 2.75) is 0 Å². The summed E-state index contributed by atoms with van der Waals surface area (Å²) < 4.78 is 0. The highest BCUT2D eigenvalue weighted by Gasteiger charge is 2.15. The third-order valence-electron chi connectivity index (χ3n) is 10.3. The van der Waals surface area contributed by atoms with E-state index in [1.165, 1.54) is 49.0 Å². The van der Waals surface area contributed by atoms with Gasteiger partial charge in [0.25, 0.3) is 0 Å². The molecule has 0 saturated heterocycles. The van der Waals surface area contributed by atoms with E-state index in [0.29, 0.717) is 17.5 Å². The van der Waals surface area contributed by atoms with E-state index in [4.69, 9.17) is 15.0 Å². The summed E-state index contributed by atoms with van der Waals surface area (Å²) >= 11 is 0. The molecule has 0 saturated carbocycles. The first-order valence-electron chi connectivity index (χ1n) is 18.3. The topological polar surface area (TPSA) is 38.7 Å². The van der Waals surface area contributed by atoms with Crippen molar-refractivity contribution in [3.63, 3.8) is 0 Å². The minimum Gasteiger partial charge on any atom is -0.208 e. The number of hydrogen-bond acceptors (Lipinski definition) is 3. The number of fused-ring (bicyclic) bond motifs is 4. The molecular weight excluding hydrogens is 655 g/mol.